The first-order valence-corrected chi connectivity index (χ1v) is 6.86. The zero-order chi connectivity index (χ0) is 13.2. The van der Waals surface area contributed by atoms with Gasteiger partial charge in [0, 0.05) is 11.8 Å². The Bertz CT molecular complexity index is 621. The van der Waals surface area contributed by atoms with E-state index in [-0.39, 0.29) is 5.91 Å². The molecule has 0 spiro atoms. The first-order valence-electron chi connectivity index (χ1n) is 5.98. The quantitative estimate of drug-likeness (QED) is 0.916. The average Bonchev–Trinajstić information content (AvgIpc) is 2.85. The molecule has 1 aromatic carbocycles. The molecule has 3 rings (SSSR count). The summed E-state index contributed by atoms with van der Waals surface area (Å²) in [4.78, 5) is 12.7. The molecule has 0 saturated carbocycles. The van der Waals surface area contributed by atoms with Gasteiger partial charge in [-0.25, -0.2) is 0 Å². The molecular formula is C14H13NO3S. The minimum atomic E-state index is -0.102. The molecule has 0 fully saturated rings. The molecule has 4 nitrogen and oxygen atoms in total. The number of nitrogens with one attached hydrogen (secondary N) is 1. The minimum absolute atomic E-state index is 0.102. The predicted molar refractivity (Wildman–Crippen MR) is 74.4 cm³/mol. The molecule has 2 aromatic rings. The Labute approximate surface area is 115 Å². The molecule has 1 aromatic heterocycles. The SMILES string of the molecule is Cc1csc(C(=O)Nc2ccc3c(c2)OCCO3)c1. The highest BCUT2D eigenvalue weighted by molar-refractivity contribution is 7.12. The Morgan fingerprint density at radius 1 is 1.21 bits per heavy atom. The molecule has 0 bridgehead atoms. The topological polar surface area (TPSA) is 47.6 Å². The summed E-state index contributed by atoms with van der Waals surface area (Å²) in [6, 6.07) is 7.28. The zero-order valence-electron chi connectivity index (χ0n) is 10.4. The maximum atomic E-state index is 12.0. The molecule has 98 valence electrons. The highest BCUT2D eigenvalue weighted by Gasteiger charge is 2.13. The van der Waals surface area contributed by atoms with Gasteiger partial charge in [-0.2, -0.15) is 0 Å². The van der Waals surface area contributed by atoms with Gasteiger partial charge in [0.1, 0.15) is 13.2 Å². The monoisotopic (exact) mass is 275 g/mol. The second kappa shape index (κ2) is 4.93. The molecule has 5 heteroatoms. The van der Waals surface area contributed by atoms with Crippen molar-refractivity contribution in [3.8, 4) is 11.5 Å². The zero-order valence-corrected chi connectivity index (χ0v) is 11.3. The van der Waals surface area contributed by atoms with Crippen molar-refractivity contribution in [2.75, 3.05) is 18.5 Å². The van der Waals surface area contributed by atoms with Gasteiger partial charge in [-0.3, -0.25) is 4.79 Å². The van der Waals surface area contributed by atoms with Crippen molar-refractivity contribution in [2.45, 2.75) is 6.92 Å². The highest BCUT2D eigenvalue weighted by atomic mass is 32.1. The third kappa shape index (κ3) is 2.56. The number of carbonyl (C=O) groups is 1. The van der Waals surface area contributed by atoms with Crippen LogP contribution in [0.2, 0.25) is 0 Å². The molecule has 19 heavy (non-hydrogen) atoms. The second-order valence-electron chi connectivity index (χ2n) is 4.30. The summed E-state index contributed by atoms with van der Waals surface area (Å²) in [5, 5.41) is 4.81. The van der Waals surface area contributed by atoms with Crippen molar-refractivity contribution in [2.24, 2.45) is 0 Å². The van der Waals surface area contributed by atoms with E-state index < -0.39 is 0 Å². The maximum Gasteiger partial charge on any atom is 0.265 e. The van der Waals surface area contributed by atoms with Gasteiger partial charge in [-0.05, 0) is 36.1 Å². The second-order valence-corrected chi connectivity index (χ2v) is 5.21. The summed E-state index contributed by atoms with van der Waals surface area (Å²) in [6.45, 7) is 3.07. The number of thiophene rings is 1. The van der Waals surface area contributed by atoms with E-state index in [4.69, 9.17) is 9.47 Å². The number of ether oxygens (including phenoxy) is 2. The summed E-state index contributed by atoms with van der Waals surface area (Å²) in [6.07, 6.45) is 0. The molecule has 1 aliphatic heterocycles. The summed E-state index contributed by atoms with van der Waals surface area (Å²) in [5.41, 5.74) is 1.80. The number of benzene rings is 1. The van der Waals surface area contributed by atoms with Crippen LogP contribution in [-0.4, -0.2) is 19.1 Å². The average molecular weight is 275 g/mol. The lowest BCUT2D eigenvalue weighted by atomic mass is 10.2. The number of anilines is 1. The fourth-order valence-corrected chi connectivity index (χ4v) is 2.66. The third-order valence-corrected chi connectivity index (χ3v) is 3.80. The van der Waals surface area contributed by atoms with Gasteiger partial charge in [0.05, 0.1) is 4.88 Å². The van der Waals surface area contributed by atoms with E-state index in [1.165, 1.54) is 11.3 Å². The lowest BCUT2D eigenvalue weighted by Gasteiger charge is -2.18. The number of hydrogen-bond donors (Lipinski definition) is 1. The number of carbonyl (C=O) groups excluding carboxylic acids is 1. The van der Waals surface area contributed by atoms with Crippen molar-refractivity contribution in [1.82, 2.24) is 0 Å². The fourth-order valence-electron chi connectivity index (χ4n) is 1.86. The van der Waals surface area contributed by atoms with Gasteiger partial charge < -0.3 is 14.8 Å². The third-order valence-electron chi connectivity index (χ3n) is 2.75. The molecule has 0 atom stereocenters. The molecule has 0 unspecified atom stereocenters. The first-order chi connectivity index (χ1) is 9.22. The summed E-state index contributed by atoms with van der Waals surface area (Å²) in [5.74, 6) is 1.29. The van der Waals surface area contributed by atoms with Crippen LogP contribution < -0.4 is 14.8 Å². The standard InChI is InChI=1S/C14H13NO3S/c1-9-6-13(19-8-9)14(16)15-10-2-3-11-12(7-10)18-5-4-17-11/h2-3,6-8H,4-5H2,1H3,(H,15,16). The molecule has 2 heterocycles. The van der Waals surface area contributed by atoms with Crippen LogP contribution in [0.4, 0.5) is 5.69 Å². The van der Waals surface area contributed by atoms with Crippen LogP contribution >= 0.6 is 11.3 Å². The van der Waals surface area contributed by atoms with Crippen LogP contribution in [0.5, 0.6) is 11.5 Å². The van der Waals surface area contributed by atoms with Crippen LogP contribution in [0.25, 0.3) is 0 Å². The molecule has 0 aliphatic carbocycles. The van der Waals surface area contributed by atoms with Crippen molar-refractivity contribution >= 4 is 22.9 Å². The Kier molecular flexibility index (Phi) is 3.13. The maximum absolute atomic E-state index is 12.0. The van der Waals surface area contributed by atoms with Gasteiger partial charge in [0.2, 0.25) is 0 Å². The number of fused-ring (bicyclic) bond motifs is 1. The lowest BCUT2D eigenvalue weighted by Crippen LogP contribution is -2.16. The molecule has 0 radical (unpaired) electrons. The highest BCUT2D eigenvalue weighted by Crippen LogP contribution is 2.32. The Balaban J connectivity index is 1.78. The molecule has 0 saturated heterocycles. The molecule has 1 N–H and O–H groups in total. The summed E-state index contributed by atoms with van der Waals surface area (Å²) < 4.78 is 10.9. The van der Waals surface area contributed by atoms with Crippen molar-refractivity contribution in [3.05, 3.63) is 40.1 Å². The van der Waals surface area contributed by atoms with Crippen LogP contribution in [0.1, 0.15) is 15.2 Å². The van der Waals surface area contributed by atoms with Crippen LogP contribution in [0, 0.1) is 6.92 Å². The van der Waals surface area contributed by atoms with E-state index in [1.807, 2.05) is 30.5 Å². The van der Waals surface area contributed by atoms with Gasteiger partial charge in [0.15, 0.2) is 11.5 Å². The van der Waals surface area contributed by atoms with Crippen molar-refractivity contribution < 1.29 is 14.3 Å². The van der Waals surface area contributed by atoms with E-state index >= 15 is 0 Å². The van der Waals surface area contributed by atoms with Crippen molar-refractivity contribution in [3.63, 3.8) is 0 Å². The van der Waals surface area contributed by atoms with E-state index in [2.05, 4.69) is 5.32 Å². The van der Waals surface area contributed by atoms with E-state index in [9.17, 15) is 4.79 Å². The number of rotatable bonds is 2. The van der Waals surface area contributed by atoms with Gasteiger partial charge in [-0.15, -0.1) is 11.3 Å². The number of amides is 1. The first kappa shape index (κ1) is 12.0. The molecule has 1 aliphatic rings. The van der Waals surface area contributed by atoms with Gasteiger partial charge >= 0.3 is 0 Å². The normalized spacial score (nSPS) is 13.1. The van der Waals surface area contributed by atoms with Crippen LogP contribution in [0.3, 0.4) is 0 Å². The Hall–Kier alpha value is -2.01. The Morgan fingerprint density at radius 3 is 2.74 bits per heavy atom. The minimum Gasteiger partial charge on any atom is -0.486 e. The fraction of sp³-hybridized carbons (Fsp3) is 0.214. The van der Waals surface area contributed by atoms with E-state index in [0.29, 0.717) is 29.5 Å². The predicted octanol–water partition coefficient (Wildman–Crippen LogP) is 3.08. The lowest BCUT2D eigenvalue weighted by molar-refractivity contribution is 0.103. The molecular weight excluding hydrogens is 262 g/mol. The van der Waals surface area contributed by atoms with Gasteiger partial charge in [0.25, 0.3) is 5.91 Å². The van der Waals surface area contributed by atoms with E-state index in [0.717, 1.165) is 11.3 Å². The number of hydrogen-bond acceptors (Lipinski definition) is 4. The summed E-state index contributed by atoms with van der Waals surface area (Å²) >= 11 is 1.44. The van der Waals surface area contributed by atoms with Crippen LogP contribution in [-0.2, 0) is 0 Å². The smallest absolute Gasteiger partial charge is 0.265 e. The van der Waals surface area contributed by atoms with Gasteiger partial charge in [-0.1, -0.05) is 0 Å². The Morgan fingerprint density at radius 2 is 2.00 bits per heavy atom. The molecule has 1 amide bonds. The number of aryl methyl sites for hydroxylation is 1. The largest absolute Gasteiger partial charge is 0.486 e. The van der Waals surface area contributed by atoms with E-state index in [1.54, 1.807) is 6.07 Å². The van der Waals surface area contributed by atoms with Crippen LogP contribution in [0.15, 0.2) is 29.6 Å². The summed E-state index contributed by atoms with van der Waals surface area (Å²) in [7, 11) is 0. The van der Waals surface area contributed by atoms with Crippen molar-refractivity contribution in [1.29, 1.82) is 0 Å².